The molecular weight excluding hydrogens is 352 g/mol. The Hall–Kier alpha value is -2.34. The molecule has 0 bridgehead atoms. The molecule has 1 aliphatic rings. The van der Waals surface area contributed by atoms with E-state index < -0.39 is 0 Å². The van der Waals surface area contributed by atoms with Gasteiger partial charge in [-0.25, -0.2) is 0 Å². The summed E-state index contributed by atoms with van der Waals surface area (Å²) >= 11 is 0. The molecule has 0 unspecified atom stereocenters. The van der Waals surface area contributed by atoms with Crippen molar-refractivity contribution in [3.05, 3.63) is 40.3 Å². The molecular formula is C22H36N4O2. The van der Waals surface area contributed by atoms with Gasteiger partial charge in [0.1, 0.15) is 0 Å². The first kappa shape index (κ1) is 23.7. The molecule has 0 spiro atoms. The molecule has 0 radical (unpaired) electrons. The van der Waals surface area contributed by atoms with Crippen molar-refractivity contribution in [1.82, 2.24) is 14.8 Å². The Balaban J connectivity index is 0.000000921. The van der Waals surface area contributed by atoms with Gasteiger partial charge in [0, 0.05) is 49.8 Å². The van der Waals surface area contributed by atoms with Crippen molar-refractivity contribution < 1.29 is 4.79 Å². The second kappa shape index (κ2) is 12.2. The highest BCUT2D eigenvalue weighted by Crippen LogP contribution is 2.20. The maximum Gasteiger partial charge on any atom is 0.258 e. The minimum atomic E-state index is -0.136. The fourth-order valence-electron chi connectivity index (χ4n) is 3.23. The van der Waals surface area contributed by atoms with Gasteiger partial charge in [-0.05, 0) is 44.1 Å². The second-order valence-corrected chi connectivity index (χ2v) is 6.27. The summed E-state index contributed by atoms with van der Waals surface area (Å²) in [5.41, 5.74) is 1.31. The highest BCUT2D eigenvalue weighted by atomic mass is 16.2. The minimum Gasteiger partial charge on any atom is -0.388 e. The lowest BCUT2D eigenvalue weighted by Gasteiger charge is -2.15. The maximum absolute atomic E-state index is 12.6. The van der Waals surface area contributed by atoms with Crippen molar-refractivity contribution >= 4 is 22.4 Å². The summed E-state index contributed by atoms with van der Waals surface area (Å²) in [4.78, 5) is 27.3. The zero-order valence-corrected chi connectivity index (χ0v) is 18.3. The summed E-state index contributed by atoms with van der Waals surface area (Å²) in [5, 5.41) is 7.28. The lowest BCUT2D eigenvalue weighted by atomic mass is 10.1. The van der Waals surface area contributed by atoms with Crippen LogP contribution in [-0.4, -0.2) is 48.6 Å². The van der Waals surface area contributed by atoms with E-state index in [1.54, 1.807) is 19.3 Å². The largest absolute Gasteiger partial charge is 0.388 e. The van der Waals surface area contributed by atoms with Gasteiger partial charge in [0.15, 0.2) is 0 Å². The van der Waals surface area contributed by atoms with Gasteiger partial charge in [0.2, 0.25) is 0 Å². The first-order valence-corrected chi connectivity index (χ1v) is 10.4. The monoisotopic (exact) mass is 388 g/mol. The van der Waals surface area contributed by atoms with Crippen molar-refractivity contribution in [2.75, 3.05) is 38.5 Å². The number of carbonyl (C=O) groups is 1. The topological polar surface area (TPSA) is 66.4 Å². The fourth-order valence-corrected chi connectivity index (χ4v) is 3.23. The molecule has 1 saturated heterocycles. The Morgan fingerprint density at radius 1 is 1.07 bits per heavy atom. The lowest BCUT2D eigenvalue weighted by Crippen LogP contribution is -2.34. The molecule has 2 aromatic rings. The average molecular weight is 389 g/mol. The molecule has 6 nitrogen and oxygen atoms in total. The molecule has 1 aromatic carbocycles. The number of aryl methyl sites for hydroxylation is 1. The number of nitrogens with zero attached hydrogens (tertiary/aromatic N) is 2. The van der Waals surface area contributed by atoms with Crippen molar-refractivity contribution in [3.63, 3.8) is 0 Å². The summed E-state index contributed by atoms with van der Waals surface area (Å²) in [5.74, 6) is -0.136. The first-order valence-electron chi connectivity index (χ1n) is 10.4. The molecule has 0 saturated carbocycles. The van der Waals surface area contributed by atoms with Crippen LogP contribution >= 0.6 is 0 Å². The number of hydrogen-bond acceptors (Lipinski definition) is 4. The van der Waals surface area contributed by atoms with E-state index in [1.165, 1.54) is 17.4 Å². The fraction of sp³-hybridized carbons (Fsp3) is 0.545. The van der Waals surface area contributed by atoms with E-state index >= 15 is 0 Å². The van der Waals surface area contributed by atoms with E-state index in [4.69, 9.17) is 0 Å². The van der Waals surface area contributed by atoms with E-state index in [0.29, 0.717) is 22.9 Å². The van der Waals surface area contributed by atoms with Crippen LogP contribution in [0.15, 0.2) is 29.2 Å². The number of pyridine rings is 1. The van der Waals surface area contributed by atoms with E-state index in [9.17, 15) is 9.59 Å². The molecule has 1 aliphatic heterocycles. The van der Waals surface area contributed by atoms with Crippen LogP contribution < -0.4 is 16.2 Å². The van der Waals surface area contributed by atoms with Crippen LogP contribution in [0.1, 0.15) is 50.9 Å². The number of benzene rings is 1. The second-order valence-electron chi connectivity index (χ2n) is 6.27. The quantitative estimate of drug-likeness (QED) is 0.823. The Bertz CT molecular complexity index is 808. The molecule has 0 aliphatic carbocycles. The van der Waals surface area contributed by atoms with Gasteiger partial charge in [-0.2, -0.15) is 0 Å². The number of amides is 1. The predicted molar refractivity (Wildman–Crippen MR) is 119 cm³/mol. The minimum absolute atomic E-state index is 0.0960. The van der Waals surface area contributed by atoms with Crippen LogP contribution in [0.4, 0.5) is 5.69 Å². The van der Waals surface area contributed by atoms with Crippen molar-refractivity contribution in [2.45, 2.75) is 40.5 Å². The Morgan fingerprint density at radius 2 is 1.71 bits per heavy atom. The number of anilines is 1. The molecule has 3 rings (SSSR count). The number of rotatable bonds is 5. The highest BCUT2D eigenvalue weighted by molar-refractivity contribution is 6.07. The van der Waals surface area contributed by atoms with Gasteiger partial charge in [0.25, 0.3) is 11.5 Å². The smallest absolute Gasteiger partial charge is 0.258 e. The van der Waals surface area contributed by atoms with Gasteiger partial charge < -0.3 is 20.1 Å². The summed E-state index contributed by atoms with van der Waals surface area (Å²) in [6, 6.07) is 5.47. The summed E-state index contributed by atoms with van der Waals surface area (Å²) in [6.45, 7) is 11.7. The SMILES string of the molecule is CC.CC.CNc1ccc2c(=O)n(C)cc(C(=O)NCCN3CCCC3)c2c1. The zero-order valence-electron chi connectivity index (χ0n) is 18.3. The highest BCUT2D eigenvalue weighted by Gasteiger charge is 2.15. The zero-order chi connectivity index (χ0) is 21.1. The van der Waals surface area contributed by atoms with E-state index in [1.807, 2.05) is 46.9 Å². The Kier molecular flexibility index (Phi) is 10.3. The molecule has 2 N–H and O–H groups in total. The van der Waals surface area contributed by atoms with E-state index in [2.05, 4.69) is 15.5 Å². The van der Waals surface area contributed by atoms with E-state index in [0.717, 1.165) is 25.3 Å². The molecule has 28 heavy (non-hydrogen) atoms. The number of nitrogens with one attached hydrogen (secondary N) is 2. The molecule has 2 heterocycles. The summed E-state index contributed by atoms with van der Waals surface area (Å²) in [7, 11) is 3.49. The molecule has 1 aromatic heterocycles. The lowest BCUT2D eigenvalue weighted by molar-refractivity contribution is 0.0950. The van der Waals surface area contributed by atoms with Gasteiger partial charge in [-0.3, -0.25) is 9.59 Å². The van der Waals surface area contributed by atoms with Crippen molar-refractivity contribution in [2.24, 2.45) is 7.05 Å². The van der Waals surface area contributed by atoms with Crippen LogP contribution in [0.2, 0.25) is 0 Å². The third kappa shape index (κ3) is 5.83. The van der Waals surface area contributed by atoms with Gasteiger partial charge in [-0.1, -0.05) is 27.7 Å². The average Bonchev–Trinajstić information content (AvgIpc) is 3.26. The van der Waals surface area contributed by atoms with Crippen LogP contribution in [0.25, 0.3) is 10.8 Å². The van der Waals surface area contributed by atoms with Crippen LogP contribution in [0.5, 0.6) is 0 Å². The molecule has 1 fully saturated rings. The Labute approximate surface area is 168 Å². The molecule has 0 atom stereocenters. The predicted octanol–water partition coefficient (Wildman–Crippen LogP) is 3.46. The third-order valence-electron chi connectivity index (χ3n) is 4.63. The molecule has 1 amide bonds. The van der Waals surface area contributed by atoms with E-state index in [-0.39, 0.29) is 11.5 Å². The molecule has 6 heteroatoms. The van der Waals surface area contributed by atoms with Crippen molar-refractivity contribution in [1.29, 1.82) is 0 Å². The first-order chi connectivity index (χ1) is 13.6. The summed E-state index contributed by atoms with van der Waals surface area (Å²) in [6.07, 6.45) is 4.10. The van der Waals surface area contributed by atoms with Crippen LogP contribution in [-0.2, 0) is 7.05 Å². The number of hydrogen-bond donors (Lipinski definition) is 2. The number of aromatic nitrogens is 1. The van der Waals surface area contributed by atoms with Crippen LogP contribution in [0, 0.1) is 0 Å². The third-order valence-corrected chi connectivity index (χ3v) is 4.63. The number of fused-ring (bicyclic) bond motifs is 1. The van der Waals surface area contributed by atoms with Gasteiger partial charge in [-0.15, -0.1) is 0 Å². The van der Waals surface area contributed by atoms with Gasteiger partial charge in [0.05, 0.1) is 5.56 Å². The standard InChI is InChI=1S/C18H24N4O2.2C2H6/c1-19-13-5-6-14-15(11-13)16(12-21(2)18(14)24)17(23)20-7-10-22-8-3-4-9-22;2*1-2/h5-6,11-12,19H,3-4,7-10H2,1-2H3,(H,20,23);2*1-2H3. The van der Waals surface area contributed by atoms with Gasteiger partial charge >= 0.3 is 0 Å². The maximum atomic E-state index is 12.6. The number of carbonyl (C=O) groups excluding carboxylic acids is 1. The van der Waals surface area contributed by atoms with Crippen molar-refractivity contribution in [3.8, 4) is 0 Å². The Morgan fingerprint density at radius 3 is 2.32 bits per heavy atom. The summed E-state index contributed by atoms with van der Waals surface area (Å²) < 4.78 is 1.47. The normalized spacial score (nSPS) is 13.2. The number of likely N-dealkylation sites (tertiary alicyclic amines) is 1. The molecule has 156 valence electrons. The van der Waals surface area contributed by atoms with Crippen LogP contribution in [0.3, 0.4) is 0 Å².